The smallest absolute Gasteiger partial charge is 0.251 e. The Hall–Kier alpha value is -1.95. The molecule has 1 aliphatic heterocycles. The third-order valence-electron chi connectivity index (χ3n) is 4.76. The molecule has 2 aromatic rings. The van der Waals surface area contributed by atoms with Crippen molar-refractivity contribution in [3.63, 3.8) is 0 Å². The van der Waals surface area contributed by atoms with Crippen LogP contribution in [0.3, 0.4) is 0 Å². The fraction of sp³-hybridized carbons (Fsp3) is 0.450. The maximum Gasteiger partial charge on any atom is 0.251 e. The Morgan fingerprint density at radius 2 is 1.96 bits per heavy atom. The van der Waals surface area contributed by atoms with Crippen LogP contribution in [0.25, 0.3) is 10.8 Å². The predicted molar refractivity (Wildman–Crippen MR) is 98.8 cm³/mol. The molecular formula is C20H26N2O3. The van der Waals surface area contributed by atoms with Gasteiger partial charge in [-0.3, -0.25) is 4.79 Å². The molecule has 0 saturated carbocycles. The number of hydrogen-bond acceptors (Lipinski definition) is 4. The van der Waals surface area contributed by atoms with Crippen LogP contribution in [0.5, 0.6) is 0 Å². The number of likely N-dealkylation sites (tertiary alicyclic amines) is 1. The molecule has 5 nitrogen and oxygen atoms in total. The van der Waals surface area contributed by atoms with Crippen LogP contribution in [0.4, 0.5) is 0 Å². The molecule has 3 rings (SSSR count). The minimum Gasteiger partial charge on any atom is -0.389 e. The largest absolute Gasteiger partial charge is 0.389 e. The normalized spacial score (nSPS) is 17.5. The number of benzene rings is 2. The van der Waals surface area contributed by atoms with Crippen LogP contribution in [0, 0.1) is 0 Å². The van der Waals surface area contributed by atoms with Gasteiger partial charge in [0.15, 0.2) is 0 Å². The monoisotopic (exact) mass is 342 g/mol. The Labute approximate surface area is 148 Å². The van der Waals surface area contributed by atoms with Gasteiger partial charge in [-0.1, -0.05) is 30.3 Å². The lowest BCUT2D eigenvalue weighted by Crippen LogP contribution is -2.47. The van der Waals surface area contributed by atoms with Gasteiger partial charge in [0.2, 0.25) is 0 Å². The highest BCUT2D eigenvalue weighted by Crippen LogP contribution is 2.17. The number of β-amino-alcohol motifs (C(OH)–C–C–N with tert-alkyl or cyclic N) is 1. The van der Waals surface area contributed by atoms with Gasteiger partial charge >= 0.3 is 0 Å². The molecule has 134 valence electrons. The van der Waals surface area contributed by atoms with E-state index in [2.05, 4.69) is 10.2 Å². The highest BCUT2D eigenvalue weighted by Gasteiger charge is 2.22. The number of aliphatic hydroxyl groups excluding tert-OH is 1. The van der Waals surface area contributed by atoms with Gasteiger partial charge < -0.3 is 20.1 Å². The number of amides is 1. The lowest BCUT2D eigenvalue weighted by molar-refractivity contribution is 0.0309. The van der Waals surface area contributed by atoms with E-state index in [1.54, 1.807) is 7.11 Å². The lowest BCUT2D eigenvalue weighted by Gasteiger charge is -2.33. The molecule has 0 bridgehead atoms. The quantitative estimate of drug-likeness (QED) is 0.843. The summed E-state index contributed by atoms with van der Waals surface area (Å²) in [6.45, 7) is 2.74. The fourth-order valence-corrected chi connectivity index (χ4v) is 3.40. The highest BCUT2D eigenvalue weighted by atomic mass is 16.5. The molecule has 1 heterocycles. The average molecular weight is 342 g/mol. The van der Waals surface area contributed by atoms with Crippen molar-refractivity contribution in [1.82, 2.24) is 10.2 Å². The summed E-state index contributed by atoms with van der Waals surface area (Å²) in [5.41, 5.74) is 0.705. The summed E-state index contributed by atoms with van der Waals surface area (Å²) in [6.07, 6.45) is 1.35. The molecule has 1 amide bonds. The summed E-state index contributed by atoms with van der Waals surface area (Å²) in [7, 11) is 1.60. The maximum atomic E-state index is 12.5. The molecule has 1 atom stereocenters. The van der Waals surface area contributed by atoms with E-state index in [9.17, 15) is 9.90 Å². The van der Waals surface area contributed by atoms with Crippen molar-refractivity contribution in [2.75, 3.05) is 33.4 Å². The van der Waals surface area contributed by atoms with E-state index >= 15 is 0 Å². The molecule has 2 aromatic carbocycles. The summed E-state index contributed by atoms with van der Waals surface area (Å²) in [6, 6.07) is 14.1. The highest BCUT2D eigenvalue weighted by molar-refractivity contribution is 5.98. The molecular weight excluding hydrogens is 316 g/mol. The molecule has 0 spiro atoms. The first kappa shape index (κ1) is 17.9. The van der Waals surface area contributed by atoms with Gasteiger partial charge in [-0.15, -0.1) is 0 Å². The van der Waals surface area contributed by atoms with Crippen molar-refractivity contribution < 1.29 is 14.6 Å². The van der Waals surface area contributed by atoms with Crippen LogP contribution in [0.2, 0.25) is 0 Å². The van der Waals surface area contributed by atoms with Crippen LogP contribution >= 0.6 is 0 Å². The number of aliphatic hydroxyl groups is 1. The number of carbonyl (C=O) groups is 1. The Morgan fingerprint density at radius 3 is 2.68 bits per heavy atom. The molecule has 0 aromatic heterocycles. The average Bonchev–Trinajstić information content (AvgIpc) is 2.63. The van der Waals surface area contributed by atoms with E-state index < -0.39 is 6.10 Å². The number of carbonyl (C=O) groups excluding carboxylic acids is 1. The first-order chi connectivity index (χ1) is 12.2. The summed E-state index contributed by atoms with van der Waals surface area (Å²) in [4.78, 5) is 14.7. The minimum absolute atomic E-state index is 0.0105. The second kappa shape index (κ2) is 8.43. The van der Waals surface area contributed by atoms with Gasteiger partial charge in [-0.2, -0.15) is 0 Å². The molecule has 2 N–H and O–H groups in total. The van der Waals surface area contributed by atoms with E-state index in [0.717, 1.165) is 36.7 Å². The van der Waals surface area contributed by atoms with Crippen molar-refractivity contribution in [1.29, 1.82) is 0 Å². The molecule has 0 radical (unpaired) electrons. The van der Waals surface area contributed by atoms with Gasteiger partial charge in [0.25, 0.3) is 5.91 Å². The molecule has 1 unspecified atom stereocenters. The minimum atomic E-state index is -0.450. The van der Waals surface area contributed by atoms with Crippen LogP contribution in [0.1, 0.15) is 23.2 Å². The Bertz CT molecular complexity index is 711. The third kappa shape index (κ3) is 4.78. The number of methoxy groups -OCH3 is 1. The summed E-state index contributed by atoms with van der Waals surface area (Å²) < 4.78 is 4.96. The van der Waals surface area contributed by atoms with Crippen LogP contribution in [-0.4, -0.2) is 61.4 Å². The summed E-state index contributed by atoms with van der Waals surface area (Å²) in [5, 5.41) is 15.2. The van der Waals surface area contributed by atoms with Crippen LogP contribution in [0.15, 0.2) is 42.5 Å². The number of ether oxygens (including phenoxy) is 1. The van der Waals surface area contributed by atoms with Gasteiger partial charge in [-0.25, -0.2) is 0 Å². The second-order valence-corrected chi connectivity index (χ2v) is 6.72. The van der Waals surface area contributed by atoms with Crippen molar-refractivity contribution in [2.45, 2.75) is 25.0 Å². The zero-order valence-corrected chi connectivity index (χ0v) is 14.6. The van der Waals surface area contributed by atoms with Crippen molar-refractivity contribution in [3.8, 4) is 0 Å². The molecule has 5 heteroatoms. The van der Waals surface area contributed by atoms with E-state index in [1.807, 2.05) is 42.5 Å². The number of nitrogens with zero attached hydrogens (tertiary/aromatic N) is 1. The third-order valence-corrected chi connectivity index (χ3v) is 4.76. The van der Waals surface area contributed by atoms with E-state index in [0.29, 0.717) is 18.7 Å². The van der Waals surface area contributed by atoms with Crippen LogP contribution in [-0.2, 0) is 4.74 Å². The van der Waals surface area contributed by atoms with Gasteiger partial charge in [0, 0.05) is 38.3 Å². The number of fused-ring (bicyclic) bond motifs is 1. The number of hydrogen-bond donors (Lipinski definition) is 2. The number of nitrogens with one attached hydrogen (secondary N) is 1. The van der Waals surface area contributed by atoms with Gasteiger partial charge in [-0.05, 0) is 35.7 Å². The fourth-order valence-electron chi connectivity index (χ4n) is 3.40. The van der Waals surface area contributed by atoms with Gasteiger partial charge in [0.05, 0.1) is 12.7 Å². The Balaban J connectivity index is 1.52. The Morgan fingerprint density at radius 1 is 1.24 bits per heavy atom. The summed E-state index contributed by atoms with van der Waals surface area (Å²) >= 11 is 0. The van der Waals surface area contributed by atoms with E-state index in [-0.39, 0.29) is 11.9 Å². The predicted octanol–water partition coefficient (Wildman–Crippen LogP) is 2.04. The zero-order chi connectivity index (χ0) is 17.6. The van der Waals surface area contributed by atoms with Gasteiger partial charge in [0.1, 0.15) is 0 Å². The standard InChI is InChI=1S/C20H26N2O3/c1-25-14-19(23)13-22-10-8-18(9-11-22)21-20(24)17-7-6-15-4-2-3-5-16(15)12-17/h2-7,12,18-19,23H,8-11,13-14H2,1H3,(H,21,24). The topological polar surface area (TPSA) is 61.8 Å². The molecule has 1 aliphatic rings. The first-order valence-electron chi connectivity index (χ1n) is 8.84. The second-order valence-electron chi connectivity index (χ2n) is 6.72. The number of piperidine rings is 1. The molecule has 25 heavy (non-hydrogen) atoms. The molecule has 1 fully saturated rings. The molecule has 0 aliphatic carbocycles. The van der Waals surface area contributed by atoms with Crippen LogP contribution < -0.4 is 5.32 Å². The zero-order valence-electron chi connectivity index (χ0n) is 14.6. The van der Waals surface area contributed by atoms with Crippen molar-refractivity contribution in [3.05, 3.63) is 48.0 Å². The lowest BCUT2D eigenvalue weighted by atomic mass is 10.0. The van der Waals surface area contributed by atoms with E-state index in [4.69, 9.17) is 4.74 Å². The maximum absolute atomic E-state index is 12.5. The first-order valence-corrected chi connectivity index (χ1v) is 8.84. The summed E-state index contributed by atoms with van der Waals surface area (Å²) in [5.74, 6) is -0.0105. The molecule has 1 saturated heterocycles. The Kier molecular flexibility index (Phi) is 6.02. The van der Waals surface area contributed by atoms with E-state index in [1.165, 1.54) is 0 Å². The van der Waals surface area contributed by atoms with Crippen molar-refractivity contribution >= 4 is 16.7 Å². The SMILES string of the molecule is COCC(O)CN1CCC(NC(=O)c2ccc3ccccc3c2)CC1. The number of rotatable bonds is 6. The van der Waals surface area contributed by atoms with Crippen molar-refractivity contribution in [2.24, 2.45) is 0 Å².